The maximum Gasteiger partial charge on any atom is 0.255 e. The molecule has 0 atom stereocenters. The Morgan fingerprint density at radius 3 is 2.16 bits per heavy atom. The van der Waals surface area contributed by atoms with Crippen molar-refractivity contribution in [1.29, 1.82) is 0 Å². The topological polar surface area (TPSA) is 122 Å². The van der Waals surface area contributed by atoms with E-state index < -0.39 is 19.9 Å². The van der Waals surface area contributed by atoms with Crippen molar-refractivity contribution >= 4 is 48.7 Å². The lowest BCUT2D eigenvalue weighted by atomic mass is 10.1. The minimum absolute atomic E-state index is 0.132. The summed E-state index contributed by atoms with van der Waals surface area (Å²) in [5.41, 5.74) is 2.88. The molecular formula is C31H30ClN3O6S2. The number of carbonyl (C=O) groups is 1. The Bertz CT molecular complexity index is 1830. The van der Waals surface area contributed by atoms with Crippen LogP contribution in [0.3, 0.4) is 0 Å². The third kappa shape index (κ3) is 6.92. The van der Waals surface area contributed by atoms with Crippen molar-refractivity contribution in [2.24, 2.45) is 0 Å². The fraction of sp³-hybridized carbons (Fsp3) is 0.194. The molecule has 1 heterocycles. The largest absolute Gasteiger partial charge is 0.381 e. The summed E-state index contributed by atoms with van der Waals surface area (Å²) < 4.78 is 58.7. The molecule has 0 spiro atoms. The van der Waals surface area contributed by atoms with Gasteiger partial charge in [-0.25, -0.2) is 16.8 Å². The normalized spacial score (nSPS) is 14.3. The van der Waals surface area contributed by atoms with E-state index in [0.717, 1.165) is 5.56 Å². The number of anilines is 2. The Morgan fingerprint density at radius 1 is 0.860 bits per heavy atom. The van der Waals surface area contributed by atoms with Gasteiger partial charge in [-0.05, 0) is 78.7 Å². The highest BCUT2D eigenvalue weighted by Gasteiger charge is 2.26. The van der Waals surface area contributed by atoms with E-state index in [-0.39, 0.29) is 20.6 Å². The summed E-state index contributed by atoms with van der Waals surface area (Å²) in [5, 5.41) is 6.33. The number of sulfonamides is 1. The third-order valence-electron chi connectivity index (χ3n) is 7.09. The number of hydrogen-bond acceptors (Lipinski definition) is 7. The van der Waals surface area contributed by atoms with Gasteiger partial charge in [-0.15, -0.1) is 0 Å². The van der Waals surface area contributed by atoms with Crippen molar-refractivity contribution in [2.75, 3.05) is 36.9 Å². The first-order valence-corrected chi connectivity index (χ1v) is 16.8. The summed E-state index contributed by atoms with van der Waals surface area (Å²) in [6.07, 6.45) is 0. The predicted molar refractivity (Wildman–Crippen MR) is 166 cm³/mol. The van der Waals surface area contributed by atoms with E-state index in [1.807, 2.05) is 0 Å². The van der Waals surface area contributed by atoms with Crippen LogP contribution in [0.4, 0.5) is 11.4 Å². The molecule has 43 heavy (non-hydrogen) atoms. The van der Waals surface area contributed by atoms with Gasteiger partial charge in [0.05, 0.1) is 27.9 Å². The van der Waals surface area contributed by atoms with Crippen LogP contribution < -0.4 is 10.6 Å². The molecule has 0 saturated carbocycles. The molecule has 0 radical (unpaired) electrons. The number of benzene rings is 4. The van der Waals surface area contributed by atoms with Crippen molar-refractivity contribution in [3.63, 3.8) is 0 Å². The number of hydrogen-bond donors (Lipinski definition) is 2. The molecule has 1 aliphatic heterocycles. The third-order valence-corrected chi connectivity index (χ3v) is 11.1. The van der Waals surface area contributed by atoms with Crippen LogP contribution in [-0.2, 0) is 31.1 Å². The van der Waals surface area contributed by atoms with Crippen molar-refractivity contribution in [3.05, 3.63) is 113 Å². The molecule has 12 heteroatoms. The zero-order chi connectivity index (χ0) is 30.6. The first kappa shape index (κ1) is 30.7. The zero-order valence-corrected chi connectivity index (χ0v) is 25.7. The second-order valence-electron chi connectivity index (χ2n) is 9.94. The Kier molecular flexibility index (Phi) is 9.19. The summed E-state index contributed by atoms with van der Waals surface area (Å²) >= 11 is 6.30. The van der Waals surface area contributed by atoms with Gasteiger partial charge in [-0.3, -0.25) is 4.79 Å². The highest BCUT2D eigenvalue weighted by Crippen LogP contribution is 2.32. The van der Waals surface area contributed by atoms with Crippen LogP contribution in [0.15, 0.2) is 106 Å². The van der Waals surface area contributed by atoms with Gasteiger partial charge in [0.25, 0.3) is 5.91 Å². The summed E-state index contributed by atoms with van der Waals surface area (Å²) in [6, 6.07) is 24.3. The number of nitrogens with one attached hydrogen (secondary N) is 2. The lowest BCUT2D eigenvalue weighted by molar-refractivity contribution is 0.0730. The van der Waals surface area contributed by atoms with Gasteiger partial charge in [0, 0.05) is 41.6 Å². The van der Waals surface area contributed by atoms with Gasteiger partial charge < -0.3 is 15.4 Å². The first-order chi connectivity index (χ1) is 20.6. The number of morpholine rings is 1. The Labute approximate surface area is 256 Å². The molecular weight excluding hydrogens is 610 g/mol. The fourth-order valence-corrected chi connectivity index (χ4v) is 7.92. The maximum absolute atomic E-state index is 13.2. The highest BCUT2D eigenvalue weighted by molar-refractivity contribution is 7.91. The molecule has 2 N–H and O–H groups in total. The molecule has 0 bridgehead atoms. The van der Waals surface area contributed by atoms with Gasteiger partial charge in [-0.2, -0.15) is 4.31 Å². The number of amides is 1. The molecule has 1 saturated heterocycles. The van der Waals surface area contributed by atoms with E-state index in [2.05, 4.69) is 10.6 Å². The van der Waals surface area contributed by atoms with Crippen molar-refractivity contribution in [3.8, 4) is 0 Å². The average molecular weight is 640 g/mol. The van der Waals surface area contributed by atoms with Crippen molar-refractivity contribution in [2.45, 2.75) is 28.2 Å². The van der Waals surface area contributed by atoms with Crippen molar-refractivity contribution < 1.29 is 26.4 Å². The summed E-state index contributed by atoms with van der Waals surface area (Å²) in [5.74, 6) is -0.343. The number of rotatable bonds is 9. The average Bonchev–Trinajstić information content (AvgIpc) is 3.02. The molecule has 224 valence electrons. The minimum Gasteiger partial charge on any atom is -0.381 e. The molecule has 1 fully saturated rings. The standard InChI is InChI=1S/C31H30ClN3O6S2/c1-22-29(19-25(32)20-30(22)42(37,38)27-5-3-2-4-6-27)33-21-23-7-9-24(10-8-23)31(36)34-26-11-13-28(14-12-26)43(39,40)35-15-17-41-18-16-35/h2-14,19-20,33H,15-18,21H2,1H3,(H,34,36). The van der Waals surface area contributed by atoms with Gasteiger partial charge in [-0.1, -0.05) is 41.9 Å². The van der Waals surface area contributed by atoms with Crippen LogP contribution in [0, 0.1) is 6.92 Å². The van der Waals surface area contributed by atoms with Gasteiger partial charge in [0.15, 0.2) is 0 Å². The number of sulfone groups is 1. The number of ether oxygens (including phenoxy) is 1. The van der Waals surface area contributed by atoms with Gasteiger partial charge in [0.1, 0.15) is 0 Å². The molecule has 4 aromatic carbocycles. The Hall–Kier alpha value is -3.74. The fourth-order valence-electron chi connectivity index (χ4n) is 4.66. The van der Waals surface area contributed by atoms with E-state index in [9.17, 15) is 21.6 Å². The van der Waals surface area contributed by atoms with E-state index in [1.165, 1.54) is 22.5 Å². The van der Waals surface area contributed by atoms with E-state index in [4.69, 9.17) is 16.3 Å². The molecule has 1 aliphatic rings. The molecule has 0 aliphatic carbocycles. The smallest absolute Gasteiger partial charge is 0.255 e. The summed E-state index contributed by atoms with van der Waals surface area (Å²) in [4.78, 5) is 13.3. The van der Waals surface area contributed by atoms with Gasteiger partial charge in [0.2, 0.25) is 19.9 Å². The van der Waals surface area contributed by atoms with Crippen LogP contribution in [0.25, 0.3) is 0 Å². The van der Waals surface area contributed by atoms with E-state index in [0.29, 0.717) is 60.4 Å². The molecule has 0 aromatic heterocycles. The van der Waals surface area contributed by atoms with Crippen LogP contribution in [-0.4, -0.2) is 53.4 Å². The summed E-state index contributed by atoms with van der Waals surface area (Å²) in [6.45, 7) is 3.44. The lowest BCUT2D eigenvalue weighted by Gasteiger charge is -2.26. The number of nitrogens with zero attached hydrogens (tertiary/aromatic N) is 1. The Balaban J connectivity index is 1.23. The maximum atomic E-state index is 13.2. The summed E-state index contributed by atoms with van der Waals surface area (Å²) in [7, 11) is -7.38. The first-order valence-electron chi connectivity index (χ1n) is 13.5. The SMILES string of the molecule is Cc1c(NCc2ccc(C(=O)Nc3ccc(S(=O)(=O)N4CCOCC4)cc3)cc2)cc(Cl)cc1S(=O)(=O)c1ccccc1. The molecule has 9 nitrogen and oxygen atoms in total. The highest BCUT2D eigenvalue weighted by atomic mass is 35.5. The van der Waals surface area contributed by atoms with Crippen LogP contribution in [0.2, 0.25) is 5.02 Å². The minimum atomic E-state index is -3.76. The molecule has 0 unspecified atom stereocenters. The quantitative estimate of drug-likeness (QED) is 0.253. The van der Waals surface area contributed by atoms with Gasteiger partial charge >= 0.3 is 0 Å². The van der Waals surface area contributed by atoms with Crippen molar-refractivity contribution in [1.82, 2.24) is 4.31 Å². The lowest BCUT2D eigenvalue weighted by Crippen LogP contribution is -2.40. The predicted octanol–water partition coefficient (Wildman–Crippen LogP) is 5.37. The molecule has 5 rings (SSSR count). The molecule has 4 aromatic rings. The monoisotopic (exact) mass is 639 g/mol. The number of halogens is 1. The van der Waals surface area contributed by atoms with Crippen LogP contribution in [0.1, 0.15) is 21.5 Å². The number of carbonyl (C=O) groups excluding carboxylic acids is 1. The zero-order valence-electron chi connectivity index (χ0n) is 23.3. The second-order valence-corrected chi connectivity index (χ2v) is 14.2. The Morgan fingerprint density at radius 2 is 1.51 bits per heavy atom. The second kappa shape index (κ2) is 12.9. The van der Waals surface area contributed by atoms with Crippen LogP contribution >= 0.6 is 11.6 Å². The van der Waals surface area contributed by atoms with Crippen LogP contribution in [0.5, 0.6) is 0 Å². The van der Waals surface area contributed by atoms with E-state index >= 15 is 0 Å². The molecule has 1 amide bonds. The van der Waals surface area contributed by atoms with E-state index in [1.54, 1.807) is 79.7 Å².